The first-order valence-corrected chi connectivity index (χ1v) is 6.83. The zero-order valence-corrected chi connectivity index (χ0v) is 14.2. The molecule has 0 saturated heterocycles. The van der Waals surface area contributed by atoms with E-state index in [0.717, 1.165) is 12.1 Å². The summed E-state index contributed by atoms with van der Waals surface area (Å²) in [7, 11) is 4.03. The van der Waals surface area contributed by atoms with Crippen LogP contribution in [-0.2, 0) is 6.54 Å². The molecule has 1 atom stereocenters. The van der Waals surface area contributed by atoms with E-state index >= 15 is 0 Å². The fraction of sp³-hybridized carbons (Fsp3) is 0.533. The van der Waals surface area contributed by atoms with Gasteiger partial charge < -0.3 is 16.0 Å². The fourth-order valence-corrected chi connectivity index (χ4v) is 2.18. The summed E-state index contributed by atoms with van der Waals surface area (Å²) < 4.78 is 0. The van der Waals surface area contributed by atoms with Crippen LogP contribution < -0.4 is 11.1 Å². The second-order valence-electron chi connectivity index (χ2n) is 5.65. The summed E-state index contributed by atoms with van der Waals surface area (Å²) in [5, 5.41) is 2.92. The van der Waals surface area contributed by atoms with Crippen molar-refractivity contribution in [3.63, 3.8) is 0 Å². The quantitative estimate of drug-likeness (QED) is 0.837. The summed E-state index contributed by atoms with van der Waals surface area (Å²) in [6, 6.07) is 7.85. The van der Waals surface area contributed by atoms with Crippen LogP contribution in [0.1, 0.15) is 28.8 Å². The zero-order chi connectivity index (χ0) is 13.8. The SMILES string of the molecule is CN(C)Cc1cccc(C(=O)NCC(N)C2CC2)c1.Cl.Cl. The van der Waals surface area contributed by atoms with Crippen LogP contribution in [0.3, 0.4) is 0 Å². The van der Waals surface area contributed by atoms with E-state index < -0.39 is 0 Å². The van der Waals surface area contributed by atoms with Gasteiger partial charge in [-0.25, -0.2) is 0 Å². The molecule has 120 valence electrons. The molecule has 2 rings (SSSR count). The van der Waals surface area contributed by atoms with E-state index in [2.05, 4.69) is 10.2 Å². The predicted molar refractivity (Wildman–Crippen MR) is 91.4 cm³/mol. The number of nitrogens with two attached hydrogens (primary N) is 1. The van der Waals surface area contributed by atoms with Crippen molar-refractivity contribution < 1.29 is 4.79 Å². The molecule has 0 bridgehead atoms. The Hall–Kier alpha value is -0.810. The Morgan fingerprint density at radius 1 is 1.38 bits per heavy atom. The van der Waals surface area contributed by atoms with E-state index in [0.29, 0.717) is 18.0 Å². The maximum atomic E-state index is 12.0. The monoisotopic (exact) mass is 333 g/mol. The first kappa shape index (κ1) is 20.2. The highest BCUT2D eigenvalue weighted by atomic mass is 35.5. The van der Waals surface area contributed by atoms with Gasteiger partial charge in [-0.2, -0.15) is 0 Å². The number of halogens is 2. The highest BCUT2D eigenvalue weighted by Crippen LogP contribution is 2.31. The maximum Gasteiger partial charge on any atom is 0.251 e. The van der Waals surface area contributed by atoms with Gasteiger partial charge in [0, 0.05) is 24.7 Å². The lowest BCUT2D eigenvalue weighted by molar-refractivity contribution is 0.0950. The summed E-state index contributed by atoms with van der Waals surface area (Å²) in [5.74, 6) is 0.581. The topological polar surface area (TPSA) is 58.4 Å². The van der Waals surface area contributed by atoms with Gasteiger partial charge in [0.25, 0.3) is 5.91 Å². The number of amides is 1. The predicted octanol–water partition coefficient (Wildman–Crippen LogP) is 2.06. The molecule has 1 aromatic rings. The van der Waals surface area contributed by atoms with E-state index in [9.17, 15) is 4.79 Å². The van der Waals surface area contributed by atoms with Gasteiger partial charge in [0.1, 0.15) is 0 Å². The Bertz CT molecular complexity index is 450. The molecule has 1 aromatic carbocycles. The lowest BCUT2D eigenvalue weighted by atomic mass is 10.1. The standard InChI is InChI=1S/C15H23N3O.2ClH/c1-18(2)10-11-4-3-5-13(8-11)15(19)17-9-14(16)12-6-7-12;;/h3-5,8,12,14H,6-7,9-10,16H2,1-2H3,(H,17,19);2*1H. The van der Waals surface area contributed by atoms with Crippen molar-refractivity contribution in [1.29, 1.82) is 0 Å². The molecule has 0 heterocycles. The molecule has 0 spiro atoms. The van der Waals surface area contributed by atoms with Crippen molar-refractivity contribution in [2.24, 2.45) is 11.7 Å². The number of nitrogens with zero attached hydrogens (tertiary/aromatic N) is 1. The van der Waals surface area contributed by atoms with Crippen molar-refractivity contribution in [2.45, 2.75) is 25.4 Å². The van der Waals surface area contributed by atoms with E-state index in [1.165, 1.54) is 12.8 Å². The van der Waals surface area contributed by atoms with E-state index in [4.69, 9.17) is 5.73 Å². The van der Waals surface area contributed by atoms with Crippen LogP contribution >= 0.6 is 24.8 Å². The van der Waals surface area contributed by atoms with Gasteiger partial charge in [0.15, 0.2) is 0 Å². The first-order valence-electron chi connectivity index (χ1n) is 6.83. The molecule has 0 aromatic heterocycles. The number of carbonyl (C=O) groups is 1. The molecular formula is C15H25Cl2N3O. The van der Waals surface area contributed by atoms with Gasteiger partial charge in [0.2, 0.25) is 0 Å². The molecule has 1 aliphatic rings. The molecule has 1 fully saturated rings. The molecule has 6 heteroatoms. The van der Waals surface area contributed by atoms with Crippen LogP contribution in [0.2, 0.25) is 0 Å². The van der Waals surface area contributed by atoms with Gasteiger partial charge >= 0.3 is 0 Å². The average Bonchev–Trinajstić information content (AvgIpc) is 3.19. The second-order valence-corrected chi connectivity index (χ2v) is 5.65. The third-order valence-corrected chi connectivity index (χ3v) is 3.41. The van der Waals surface area contributed by atoms with Gasteiger partial charge in [-0.1, -0.05) is 12.1 Å². The molecule has 1 unspecified atom stereocenters. The molecule has 0 radical (unpaired) electrons. The Labute approximate surface area is 139 Å². The summed E-state index contributed by atoms with van der Waals surface area (Å²) in [4.78, 5) is 14.1. The van der Waals surface area contributed by atoms with Crippen molar-refractivity contribution in [3.8, 4) is 0 Å². The van der Waals surface area contributed by atoms with Gasteiger partial charge in [-0.3, -0.25) is 4.79 Å². The number of carbonyl (C=O) groups excluding carboxylic acids is 1. The minimum atomic E-state index is -0.0308. The van der Waals surface area contributed by atoms with Crippen molar-refractivity contribution in [3.05, 3.63) is 35.4 Å². The number of hydrogen-bond acceptors (Lipinski definition) is 3. The van der Waals surface area contributed by atoms with Crippen molar-refractivity contribution in [2.75, 3.05) is 20.6 Å². The number of nitrogens with one attached hydrogen (secondary N) is 1. The number of rotatable bonds is 6. The Morgan fingerprint density at radius 3 is 2.62 bits per heavy atom. The third kappa shape index (κ3) is 6.66. The highest BCUT2D eigenvalue weighted by Gasteiger charge is 2.28. The Kier molecular flexibility index (Phi) is 8.90. The molecule has 1 amide bonds. The van der Waals surface area contributed by atoms with Crippen LogP contribution in [0.15, 0.2) is 24.3 Å². The third-order valence-electron chi connectivity index (χ3n) is 3.41. The van der Waals surface area contributed by atoms with Crippen LogP contribution in [0, 0.1) is 5.92 Å². The summed E-state index contributed by atoms with van der Waals surface area (Å²) >= 11 is 0. The Morgan fingerprint density at radius 2 is 2.05 bits per heavy atom. The molecule has 1 aliphatic carbocycles. The summed E-state index contributed by atoms with van der Waals surface area (Å²) in [6.07, 6.45) is 2.41. The van der Waals surface area contributed by atoms with Gasteiger partial charge in [-0.15, -0.1) is 24.8 Å². The largest absolute Gasteiger partial charge is 0.350 e. The van der Waals surface area contributed by atoms with E-state index in [-0.39, 0.29) is 36.8 Å². The van der Waals surface area contributed by atoms with Gasteiger partial charge in [0.05, 0.1) is 0 Å². The van der Waals surface area contributed by atoms with Gasteiger partial charge in [-0.05, 0) is 50.6 Å². The normalized spacial score (nSPS) is 14.9. The van der Waals surface area contributed by atoms with Crippen LogP contribution in [-0.4, -0.2) is 37.5 Å². The minimum Gasteiger partial charge on any atom is -0.350 e. The minimum absolute atomic E-state index is 0. The molecule has 0 aliphatic heterocycles. The molecule has 1 saturated carbocycles. The van der Waals surface area contributed by atoms with Crippen molar-refractivity contribution >= 4 is 30.7 Å². The van der Waals surface area contributed by atoms with Crippen LogP contribution in [0.4, 0.5) is 0 Å². The average molecular weight is 334 g/mol. The Balaban J connectivity index is 0.00000200. The maximum absolute atomic E-state index is 12.0. The fourth-order valence-electron chi connectivity index (χ4n) is 2.18. The van der Waals surface area contributed by atoms with E-state index in [1.807, 2.05) is 38.4 Å². The lowest BCUT2D eigenvalue weighted by Crippen LogP contribution is -2.38. The van der Waals surface area contributed by atoms with Crippen molar-refractivity contribution in [1.82, 2.24) is 10.2 Å². The lowest BCUT2D eigenvalue weighted by Gasteiger charge is -2.13. The van der Waals surface area contributed by atoms with E-state index in [1.54, 1.807) is 0 Å². The highest BCUT2D eigenvalue weighted by molar-refractivity contribution is 5.94. The number of benzene rings is 1. The second kappa shape index (κ2) is 9.26. The first-order chi connectivity index (χ1) is 9.06. The summed E-state index contributed by atoms with van der Waals surface area (Å²) in [6.45, 7) is 1.41. The van der Waals surface area contributed by atoms with Crippen LogP contribution in [0.5, 0.6) is 0 Å². The smallest absolute Gasteiger partial charge is 0.251 e. The molecule has 21 heavy (non-hydrogen) atoms. The molecule has 4 nitrogen and oxygen atoms in total. The van der Waals surface area contributed by atoms with Crippen LogP contribution in [0.25, 0.3) is 0 Å². The number of hydrogen-bond donors (Lipinski definition) is 2. The molecular weight excluding hydrogens is 309 g/mol. The zero-order valence-electron chi connectivity index (χ0n) is 12.5. The summed E-state index contributed by atoms with van der Waals surface area (Å²) in [5.41, 5.74) is 7.83. The molecule has 3 N–H and O–H groups in total.